The topological polar surface area (TPSA) is 40.9 Å². The Morgan fingerprint density at radius 2 is 1.92 bits per heavy atom. The summed E-state index contributed by atoms with van der Waals surface area (Å²) in [4.78, 5) is 10.2. The molecule has 4 heteroatoms. The van der Waals surface area contributed by atoms with Crippen LogP contribution in [0.2, 0.25) is 0 Å². The second kappa shape index (κ2) is 6.64. The molecule has 0 heterocycles. The SMILES string of the molecule is [NH-]C(=O)SCc1ccccc1.[Y]. The monoisotopic (exact) mass is 255 g/mol. The van der Waals surface area contributed by atoms with Crippen molar-refractivity contribution in [3.05, 3.63) is 41.6 Å². The molecule has 0 saturated carbocycles. The van der Waals surface area contributed by atoms with Gasteiger partial charge in [-0.2, -0.15) is 0 Å². The normalized spacial score (nSPS) is 8.67. The van der Waals surface area contributed by atoms with Gasteiger partial charge in [-0.25, -0.2) is 0 Å². The van der Waals surface area contributed by atoms with Gasteiger partial charge in [0.2, 0.25) is 0 Å². The molecular formula is C8H8NOSY-. The van der Waals surface area contributed by atoms with E-state index < -0.39 is 5.24 Å². The molecule has 1 aromatic rings. The molecule has 0 saturated heterocycles. The van der Waals surface area contributed by atoms with Crippen molar-refractivity contribution in [2.75, 3.05) is 0 Å². The molecule has 0 aromatic heterocycles. The molecule has 1 aromatic carbocycles. The Kier molecular flexibility index (Phi) is 6.72. The Balaban J connectivity index is 0.00000121. The number of carbonyl (C=O) groups is 1. The van der Waals surface area contributed by atoms with Gasteiger partial charge in [0, 0.05) is 38.5 Å². The van der Waals surface area contributed by atoms with E-state index in [4.69, 9.17) is 5.73 Å². The van der Waals surface area contributed by atoms with Crippen LogP contribution in [-0.2, 0) is 38.5 Å². The van der Waals surface area contributed by atoms with E-state index in [0.717, 1.165) is 17.3 Å². The van der Waals surface area contributed by atoms with E-state index in [-0.39, 0.29) is 32.7 Å². The Bertz CT molecular complexity index is 240. The van der Waals surface area contributed by atoms with E-state index in [1.165, 1.54) is 0 Å². The first-order valence-electron chi connectivity index (χ1n) is 3.21. The Labute approximate surface area is 101 Å². The zero-order valence-electron chi connectivity index (χ0n) is 6.49. The van der Waals surface area contributed by atoms with Crippen LogP contribution in [-0.4, -0.2) is 5.24 Å². The number of hydrogen-bond acceptors (Lipinski definition) is 2. The summed E-state index contributed by atoms with van der Waals surface area (Å²) in [5.74, 6) is 0.600. The molecule has 0 unspecified atom stereocenters. The summed E-state index contributed by atoms with van der Waals surface area (Å²) in [5.41, 5.74) is 7.73. The first-order chi connectivity index (χ1) is 5.29. The van der Waals surface area contributed by atoms with Gasteiger partial charge in [-0.1, -0.05) is 30.3 Å². The predicted octanol–water partition coefficient (Wildman–Crippen LogP) is 3.09. The van der Waals surface area contributed by atoms with E-state index >= 15 is 0 Å². The van der Waals surface area contributed by atoms with E-state index in [1.807, 2.05) is 30.3 Å². The maximum atomic E-state index is 10.2. The first kappa shape index (κ1) is 12.1. The number of benzene rings is 1. The van der Waals surface area contributed by atoms with Gasteiger partial charge in [-0.05, 0) is 5.56 Å². The predicted molar refractivity (Wildman–Crippen MR) is 47.5 cm³/mol. The van der Waals surface area contributed by atoms with Crippen molar-refractivity contribution >= 4 is 17.0 Å². The van der Waals surface area contributed by atoms with Crippen LogP contribution in [0.3, 0.4) is 0 Å². The molecule has 61 valence electrons. The summed E-state index contributed by atoms with van der Waals surface area (Å²) >= 11 is 1.01. The third-order valence-electron chi connectivity index (χ3n) is 1.21. The average molecular weight is 255 g/mol. The minimum Gasteiger partial charge on any atom is -0.658 e. The molecular weight excluding hydrogens is 247 g/mol. The van der Waals surface area contributed by atoms with Crippen molar-refractivity contribution in [1.82, 2.24) is 0 Å². The molecule has 0 aliphatic carbocycles. The average Bonchev–Trinajstić information content (AvgIpc) is 2.03. The summed E-state index contributed by atoms with van der Waals surface area (Å²) in [5, 5.41) is -0.575. The number of hydrogen-bond donors (Lipinski definition) is 0. The zero-order chi connectivity index (χ0) is 8.10. The third-order valence-corrected chi connectivity index (χ3v) is 1.95. The van der Waals surface area contributed by atoms with Gasteiger partial charge < -0.3 is 10.5 Å². The summed E-state index contributed by atoms with van der Waals surface area (Å²) in [6.45, 7) is 0. The molecule has 0 spiro atoms. The molecule has 0 aliphatic heterocycles. The number of thioether (sulfide) groups is 1. The summed E-state index contributed by atoms with van der Waals surface area (Å²) in [6.07, 6.45) is 0. The van der Waals surface area contributed by atoms with Gasteiger partial charge in [0.15, 0.2) is 0 Å². The molecule has 0 fully saturated rings. The fourth-order valence-corrected chi connectivity index (χ4v) is 1.21. The number of rotatable bonds is 2. The van der Waals surface area contributed by atoms with E-state index in [2.05, 4.69) is 0 Å². The summed E-state index contributed by atoms with van der Waals surface area (Å²) in [6, 6.07) is 9.65. The van der Waals surface area contributed by atoms with Crippen molar-refractivity contribution in [1.29, 1.82) is 0 Å². The molecule has 12 heavy (non-hydrogen) atoms. The maximum absolute atomic E-state index is 10.2. The van der Waals surface area contributed by atoms with E-state index in [1.54, 1.807) is 0 Å². The molecule has 0 atom stereocenters. The molecule has 1 rings (SSSR count). The van der Waals surface area contributed by atoms with E-state index in [0.29, 0.717) is 5.75 Å². The Hall–Kier alpha value is 0.144. The van der Waals surface area contributed by atoms with Crippen molar-refractivity contribution in [2.45, 2.75) is 5.75 Å². The largest absolute Gasteiger partial charge is 0.658 e. The number of carbonyl (C=O) groups excluding carboxylic acids is 1. The third kappa shape index (κ3) is 4.91. The molecule has 1 N–H and O–H groups in total. The van der Waals surface area contributed by atoms with Gasteiger partial charge in [0.1, 0.15) is 5.24 Å². The van der Waals surface area contributed by atoms with Gasteiger partial charge in [-0.3, -0.25) is 0 Å². The van der Waals surface area contributed by atoms with Gasteiger partial charge in [0.25, 0.3) is 0 Å². The van der Waals surface area contributed by atoms with Crippen LogP contribution in [0.5, 0.6) is 0 Å². The second-order valence-electron chi connectivity index (χ2n) is 2.06. The first-order valence-corrected chi connectivity index (χ1v) is 4.20. The quantitative estimate of drug-likeness (QED) is 0.814. The molecule has 1 amide bonds. The van der Waals surface area contributed by atoms with E-state index in [9.17, 15) is 4.79 Å². The van der Waals surface area contributed by atoms with Crippen LogP contribution in [0.25, 0.3) is 5.73 Å². The summed E-state index contributed by atoms with van der Waals surface area (Å²) < 4.78 is 0. The van der Waals surface area contributed by atoms with Gasteiger partial charge >= 0.3 is 0 Å². The fourth-order valence-electron chi connectivity index (χ4n) is 0.723. The zero-order valence-corrected chi connectivity index (χ0v) is 10.1. The van der Waals surface area contributed by atoms with Crippen LogP contribution in [0.1, 0.15) is 5.56 Å². The van der Waals surface area contributed by atoms with Crippen molar-refractivity contribution in [3.8, 4) is 0 Å². The van der Waals surface area contributed by atoms with Crippen molar-refractivity contribution < 1.29 is 37.5 Å². The van der Waals surface area contributed by atoms with Crippen molar-refractivity contribution in [2.24, 2.45) is 0 Å². The molecule has 2 nitrogen and oxygen atoms in total. The minimum atomic E-state index is -0.575. The Morgan fingerprint density at radius 3 is 2.42 bits per heavy atom. The Morgan fingerprint density at radius 1 is 1.33 bits per heavy atom. The number of nitrogens with one attached hydrogen (secondary N) is 1. The fraction of sp³-hybridized carbons (Fsp3) is 0.125. The number of amides is 1. The van der Waals surface area contributed by atoms with Crippen LogP contribution in [0.4, 0.5) is 4.79 Å². The minimum absolute atomic E-state index is 0. The molecule has 0 aliphatic rings. The van der Waals surface area contributed by atoms with Gasteiger partial charge in [0.05, 0.1) is 0 Å². The van der Waals surface area contributed by atoms with Crippen LogP contribution < -0.4 is 0 Å². The van der Waals surface area contributed by atoms with Crippen molar-refractivity contribution in [3.63, 3.8) is 0 Å². The maximum Gasteiger partial charge on any atom is 0.107 e. The smallest absolute Gasteiger partial charge is 0.107 e. The van der Waals surface area contributed by atoms with Crippen LogP contribution in [0.15, 0.2) is 30.3 Å². The standard InChI is InChI=1S/C8H9NOS.Y/c9-8(10)11-6-7-4-2-1-3-5-7;/h1-5H,6H2,(H2,9,10);/p-1. The molecule has 1 radical (unpaired) electrons. The van der Waals surface area contributed by atoms with Crippen LogP contribution >= 0.6 is 11.8 Å². The molecule has 0 bridgehead atoms. The second-order valence-corrected chi connectivity index (χ2v) is 3.01. The van der Waals surface area contributed by atoms with Gasteiger partial charge in [-0.15, -0.1) is 11.8 Å². The van der Waals surface area contributed by atoms with Crippen LogP contribution in [0, 0.1) is 0 Å². The summed E-state index contributed by atoms with van der Waals surface area (Å²) in [7, 11) is 0.